The first-order chi connectivity index (χ1) is 11.7. The summed E-state index contributed by atoms with van der Waals surface area (Å²) >= 11 is 0. The van der Waals surface area contributed by atoms with E-state index in [2.05, 4.69) is 33.5 Å². The maximum absolute atomic E-state index is 5.67. The molecule has 1 aliphatic heterocycles. The van der Waals surface area contributed by atoms with E-state index in [1.165, 1.54) is 25.9 Å². The quantitative estimate of drug-likeness (QED) is 0.373. The van der Waals surface area contributed by atoms with E-state index in [0.29, 0.717) is 13.2 Å². The summed E-state index contributed by atoms with van der Waals surface area (Å²) in [6.45, 7) is 10.2. The van der Waals surface area contributed by atoms with Gasteiger partial charge in [0.05, 0.1) is 6.61 Å². The van der Waals surface area contributed by atoms with Gasteiger partial charge in [0.2, 0.25) is 0 Å². The van der Waals surface area contributed by atoms with E-state index in [0.717, 1.165) is 36.3 Å². The number of hydrogen-bond donors (Lipinski definition) is 2. The van der Waals surface area contributed by atoms with Crippen molar-refractivity contribution in [2.45, 2.75) is 33.2 Å². The summed E-state index contributed by atoms with van der Waals surface area (Å²) < 4.78 is 5.67. The van der Waals surface area contributed by atoms with Crippen molar-refractivity contribution in [3.05, 3.63) is 29.8 Å². The number of hydrogen-bond acceptors (Lipinski definition) is 3. The fourth-order valence-corrected chi connectivity index (χ4v) is 2.96. The van der Waals surface area contributed by atoms with Gasteiger partial charge < -0.3 is 20.3 Å². The molecule has 142 valence electrons. The second-order valence-electron chi connectivity index (χ2n) is 6.42. The first kappa shape index (κ1) is 22.0. The lowest BCUT2D eigenvalue weighted by Crippen LogP contribution is -2.43. The predicted molar refractivity (Wildman–Crippen MR) is 116 cm³/mol. The number of para-hydroxylation sites is 1. The second kappa shape index (κ2) is 12.4. The van der Waals surface area contributed by atoms with Gasteiger partial charge in [-0.25, -0.2) is 0 Å². The molecule has 0 unspecified atom stereocenters. The fraction of sp³-hybridized carbons (Fsp3) is 0.632. The van der Waals surface area contributed by atoms with Crippen LogP contribution in [0.5, 0.6) is 5.75 Å². The van der Waals surface area contributed by atoms with Crippen LogP contribution in [0.4, 0.5) is 0 Å². The zero-order chi connectivity index (χ0) is 17.2. The van der Waals surface area contributed by atoms with E-state index in [1.54, 1.807) is 0 Å². The van der Waals surface area contributed by atoms with Crippen LogP contribution < -0.4 is 15.4 Å². The highest BCUT2D eigenvalue weighted by atomic mass is 127. The van der Waals surface area contributed by atoms with Crippen molar-refractivity contribution in [1.29, 1.82) is 0 Å². The highest BCUT2D eigenvalue weighted by Gasteiger charge is 2.14. The second-order valence-corrected chi connectivity index (χ2v) is 6.42. The highest BCUT2D eigenvalue weighted by Crippen LogP contribution is 2.17. The summed E-state index contributed by atoms with van der Waals surface area (Å²) in [6.07, 6.45) is 2.64. The van der Waals surface area contributed by atoms with Crippen LogP contribution in [0.25, 0.3) is 0 Å². The fourth-order valence-electron chi connectivity index (χ4n) is 2.96. The van der Waals surface area contributed by atoms with Crippen LogP contribution in [-0.4, -0.2) is 50.7 Å². The van der Waals surface area contributed by atoms with Crippen LogP contribution >= 0.6 is 24.0 Å². The molecule has 1 fully saturated rings. The summed E-state index contributed by atoms with van der Waals surface area (Å²) in [6, 6.07) is 8.13. The Balaban J connectivity index is 0.00000312. The average Bonchev–Trinajstić information content (AvgIpc) is 2.61. The van der Waals surface area contributed by atoms with Crippen LogP contribution in [-0.2, 0) is 6.54 Å². The van der Waals surface area contributed by atoms with Gasteiger partial charge in [0.1, 0.15) is 5.75 Å². The summed E-state index contributed by atoms with van der Waals surface area (Å²) in [5, 5.41) is 6.78. The molecule has 0 atom stereocenters. The Kier molecular flexibility index (Phi) is 10.9. The molecule has 5 nitrogen and oxygen atoms in total. The van der Waals surface area contributed by atoms with Gasteiger partial charge in [-0.15, -0.1) is 24.0 Å². The average molecular weight is 460 g/mol. The van der Waals surface area contributed by atoms with Crippen LogP contribution in [0.15, 0.2) is 29.3 Å². The van der Waals surface area contributed by atoms with E-state index in [9.17, 15) is 0 Å². The maximum atomic E-state index is 5.67. The molecule has 0 aromatic heterocycles. The molecule has 1 aromatic carbocycles. The Labute approximate surface area is 169 Å². The molecule has 0 radical (unpaired) electrons. The summed E-state index contributed by atoms with van der Waals surface area (Å²) in [7, 11) is 1.81. The normalized spacial score (nSPS) is 16.2. The number of ether oxygens (including phenoxy) is 1. The lowest BCUT2D eigenvalue weighted by molar-refractivity contribution is 0.195. The van der Waals surface area contributed by atoms with Gasteiger partial charge in [0.15, 0.2) is 5.96 Å². The molecule has 0 saturated carbocycles. The van der Waals surface area contributed by atoms with Crippen molar-refractivity contribution >= 4 is 29.9 Å². The summed E-state index contributed by atoms with van der Waals surface area (Å²) in [5.74, 6) is 2.66. The number of piperidine rings is 1. The molecule has 2 N–H and O–H groups in total. The monoisotopic (exact) mass is 460 g/mol. The molecule has 1 heterocycles. The molecular weight excluding hydrogens is 427 g/mol. The van der Waals surface area contributed by atoms with Gasteiger partial charge in [0, 0.05) is 32.2 Å². The number of rotatable bonds is 7. The van der Waals surface area contributed by atoms with Crippen molar-refractivity contribution in [2.24, 2.45) is 10.9 Å². The van der Waals surface area contributed by atoms with Gasteiger partial charge in [-0.05, 0) is 44.8 Å². The Morgan fingerprint density at radius 1 is 1.24 bits per heavy atom. The smallest absolute Gasteiger partial charge is 0.191 e. The van der Waals surface area contributed by atoms with Gasteiger partial charge >= 0.3 is 0 Å². The Hall–Kier alpha value is -1.02. The number of nitrogens with zero attached hydrogens (tertiary/aromatic N) is 2. The largest absolute Gasteiger partial charge is 0.494 e. The third-order valence-corrected chi connectivity index (χ3v) is 4.54. The zero-order valence-corrected chi connectivity index (χ0v) is 18.1. The van der Waals surface area contributed by atoms with Gasteiger partial charge in [-0.1, -0.05) is 25.1 Å². The minimum Gasteiger partial charge on any atom is -0.494 e. The third-order valence-electron chi connectivity index (χ3n) is 4.54. The van der Waals surface area contributed by atoms with Crippen molar-refractivity contribution in [2.75, 3.05) is 39.8 Å². The van der Waals surface area contributed by atoms with Crippen LogP contribution in [0, 0.1) is 5.92 Å². The molecule has 0 amide bonds. The number of nitrogens with one attached hydrogen (secondary N) is 2. The summed E-state index contributed by atoms with van der Waals surface area (Å²) in [4.78, 5) is 6.84. The Morgan fingerprint density at radius 2 is 1.96 bits per heavy atom. The molecule has 1 saturated heterocycles. The van der Waals surface area contributed by atoms with E-state index < -0.39 is 0 Å². The molecule has 0 aliphatic carbocycles. The Bertz CT molecular complexity index is 516. The zero-order valence-electron chi connectivity index (χ0n) is 15.8. The van der Waals surface area contributed by atoms with Crippen molar-refractivity contribution in [3.63, 3.8) is 0 Å². The number of guanidine groups is 1. The predicted octanol–water partition coefficient (Wildman–Crippen LogP) is 3.10. The van der Waals surface area contributed by atoms with E-state index >= 15 is 0 Å². The molecule has 6 heteroatoms. The Morgan fingerprint density at radius 3 is 2.64 bits per heavy atom. The van der Waals surface area contributed by atoms with Crippen LogP contribution in [0.1, 0.15) is 32.3 Å². The lowest BCUT2D eigenvalue weighted by atomic mass is 9.99. The van der Waals surface area contributed by atoms with Crippen molar-refractivity contribution in [3.8, 4) is 5.75 Å². The van der Waals surface area contributed by atoms with Crippen LogP contribution in [0.2, 0.25) is 0 Å². The SMILES string of the molecule is CCOc1ccccc1CNC(=NC)NCCN1CCC(C)CC1.I. The topological polar surface area (TPSA) is 48.9 Å². The first-order valence-corrected chi connectivity index (χ1v) is 9.10. The highest BCUT2D eigenvalue weighted by molar-refractivity contribution is 14.0. The minimum absolute atomic E-state index is 0. The van der Waals surface area contributed by atoms with E-state index in [1.807, 2.05) is 32.2 Å². The number of benzene rings is 1. The third kappa shape index (κ3) is 7.81. The summed E-state index contributed by atoms with van der Waals surface area (Å²) in [5.41, 5.74) is 1.15. The molecule has 2 rings (SSSR count). The molecule has 1 aromatic rings. The first-order valence-electron chi connectivity index (χ1n) is 9.10. The van der Waals surface area contributed by atoms with Crippen molar-refractivity contribution in [1.82, 2.24) is 15.5 Å². The molecule has 25 heavy (non-hydrogen) atoms. The van der Waals surface area contributed by atoms with E-state index in [4.69, 9.17) is 4.74 Å². The minimum atomic E-state index is 0. The van der Waals surface area contributed by atoms with Crippen molar-refractivity contribution < 1.29 is 4.74 Å². The molecule has 1 aliphatic rings. The standard InChI is InChI=1S/C19H32N4O.HI/c1-4-24-18-8-6-5-7-17(18)15-22-19(20-3)21-11-14-23-12-9-16(2)10-13-23;/h5-8,16H,4,9-15H2,1-3H3,(H2,20,21,22);1H. The number of halogens is 1. The number of aliphatic imine (C=N–C) groups is 1. The number of likely N-dealkylation sites (tertiary alicyclic amines) is 1. The maximum Gasteiger partial charge on any atom is 0.191 e. The molecule has 0 spiro atoms. The lowest BCUT2D eigenvalue weighted by Gasteiger charge is -2.30. The van der Waals surface area contributed by atoms with Gasteiger partial charge in [0.25, 0.3) is 0 Å². The van der Waals surface area contributed by atoms with Crippen LogP contribution in [0.3, 0.4) is 0 Å². The van der Waals surface area contributed by atoms with Gasteiger partial charge in [-0.3, -0.25) is 4.99 Å². The molecule has 0 bridgehead atoms. The van der Waals surface area contributed by atoms with E-state index in [-0.39, 0.29) is 24.0 Å². The van der Waals surface area contributed by atoms with Gasteiger partial charge in [-0.2, -0.15) is 0 Å². The molecular formula is C19H33IN4O.